The molecule has 1 saturated heterocycles. The Labute approximate surface area is 181 Å². The van der Waals surface area contributed by atoms with Gasteiger partial charge in [-0.25, -0.2) is 4.98 Å². The topological polar surface area (TPSA) is 67.8 Å². The normalized spacial score (nSPS) is 16.5. The second-order valence-corrected chi connectivity index (χ2v) is 8.96. The Hall–Kier alpha value is -1.83. The molecule has 2 aromatic rings. The molecule has 6 nitrogen and oxygen atoms in total. The lowest BCUT2D eigenvalue weighted by Crippen LogP contribution is -2.48. The van der Waals surface area contributed by atoms with Crippen molar-refractivity contribution in [1.29, 1.82) is 0 Å². The zero-order chi connectivity index (χ0) is 20.7. The van der Waals surface area contributed by atoms with Gasteiger partial charge in [-0.05, 0) is 38.0 Å². The fraction of sp³-hybridized carbons (Fsp3) is 0.524. The number of nitrogens with one attached hydrogen (secondary N) is 2. The quantitative estimate of drug-likeness (QED) is 0.513. The number of aromatic nitrogens is 1. The van der Waals surface area contributed by atoms with E-state index in [9.17, 15) is 0 Å². The van der Waals surface area contributed by atoms with Crippen LogP contribution in [0.5, 0.6) is 5.75 Å². The lowest BCUT2D eigenvalue weighted by atomic mass is 9.73. The number of benzene rings is 1. The van der Waals surface area contributed by atoms with Crippen molar-refractivity contribution in [2.45, 2.75) is 31.6 Å². The van der Waals surface area contributed by atoms with Crippen molar-refractivity contribution >= 4 is 28.9 Å². The summed E-state index contributed by atoms with van der Waals surface area (Å²) in [5, 5.41) is 8.75. The molecule has 0 spiro atoms. The Kier molecular flexibility index (Phi) is 7.75. The van der Waals surface area contributed by atoms with Gasteiger partial charge in [0.2, 0.25) is 0 Å². The van der Waals surface area contributed by atoms with Gasteiger partial charge in [-0.3, -0.25) is 4.99 Å². The molecule has 0 bridgehead atoms. The van der Waals surface area contributed by atoms with Gasteiger partial charge in [0.05, 0.1) is 12.1 Å². The number of aryl methyl sites for hydroxylation is 1. The molecule has 0 atom stereocenters. The molecule has 1 aliphatic heterocycles. The average molecular weight is 437 g/mol. The smallest absolute Gasteiger partial charge is 0.191 e. The molecule has 1 aromatic heterocycles. The maximum atomic E-state index is 6.33. The third-order valence-electron chi connectivity index (χ3n) is 5.30. The molecule has 2 N–H and O–H groups in total. The third-order valence-corrected chi connectivity index (χ3v) is 6.51. The fourth-order valence-electron chi connectivity index (χ4n) is 3.68. The van der Waals surface area contributed by atoms with Gasteiger partial charge >= 0.3 is 0 Å². The summed E-state index contributed by atoms with van der Waals surface area (Å²) in [4.78, 5) is 10.0. The van der Waals surface area contributed by atoms with Crippen LogP contribution < -0.4 is 15.4 Å². The number of halogens is 1. The Morgan fingerprint density at radius 2 is 2.14 bits per heavy atom. The summed E-state index contributed by atoms with van der Waals surface area (Å²) in [6.07, 6.45) is 4.58. The fourth-order valence-corrected chi connectivity index (χ4v) is 4.64. The number of ether oxygens (including phenoxy) is 2. The van der Waals surface area contributed by atoms with Gasteiger partial charge in [-0.1, -0.05) is 11.6 Å². The summed E-state index contributed by atoms with van der Waals surface area (Å²) in [5.74, 6) is 1.64. The highest BCUT2D eigenvalue weighted by Crippen LogP contribution is 2.40. The number of thiazole rings is 1. The number of aliphatic imine (C=N–C) groups is 1. The number of methoxy groups -OCH3 is 1. The van der Waals surface area contributed by atoms with Gasteiger partial charge in [0, 0.05) is 66.8 Å². The molecular weight excluding hydrogens is 408 g/mol. The van der Waals surface area contributed by atoms with Crippen molar-refractivity contribution in [3.63, 3.8) is 0 Å². The predicted octanol–water partition coefficient (Wildman–Crippen LogP) is 3.57. The van der Waals surface area contributed by atoms with Crippen LogP contribution in [0, 0.1) is 6.92 Å². The summed E-state index contributed by atoms with van der Waals surface area (Å²) in [6, 6.07) is 5.83. The van der Waals surface area contributed by atoms with Crippen LogP contribution in [0.25, 0.3) is 0 Å². The van der Waals surface area contributed by atoms with Gasteiger partial charge < -0.3 is 20.1 Å². The van der Waals surface area contributed by atoms with Crippen molar-refractivity contribution in [2.75, 3.05) is 40.5 Å². The molecule has 1 aliphatic rings. The molecule has 0 aliphatic carbocycles. The van der Waals surface area contributed by atoms with E-state index in [0.717, 1.165) is 54.6 Å². The number of nitrogens with zero attached hydrogens (tertiary/aromatic N) is 2. The second-order valence-electron chi connectivity index (χ2n) is 7.20. The monoisotopic (exact) mass is 436 g/mol. The molecule has 1 aromatic carbocycles. The van der Waals surface area contributed by atoms with Gasteiger partial charge in [-0.15, -0.1) is 11.3 Å². The number of guanidine groups is 1. The van der Waals surface area contributed by atoms with E-state index in [1.165, 1.54) is 4.88 Å². The van der Waals surface area contributed by atoms with E-state index < -0.39 is 0 Å². The van der Waals surface area contributed by atoms with E-state index >= 15 is 0 Å². The van der Waals surface area contributed by atoms with E-state index in [-0.39, 0.29) is 5.41 Å². The van der Waals surface area contributed by atoms with E-state index in [4.69, 9.17) is 21.1 Å². The minimum atomic E-state index is -0.126. The molecule has 29 heavy (non-hydrogen) atoms. The highest BCUT2D eigenvalue weighted by molar-refractivity contribution is 7.11. The van der Waals surface area contributed by atoms with E-state index in [0.29, 0.717) is 18.2 Å². The summed E-state index contributed by atoms with van der Waals surface area (Å²) in [5.41, 5.74) is 0.996. The summed E-state index contributed by atoms with van der Waals surface area (Å²) in [6.45, 7) is 5.01. The van der Waals surface area contributed by atoms with Crippen molar-refractivity contribution in [3.05, 3.63) is 44.9 Å². The van der Waals surface area contributed by atoms with E-state index in [1.54, 1.807) is 25.5 Å². The maximum Gasteiger partial charge on any atom is 0.191 e. The minimum absolute atomic E-state index is 0.126. The van der Waals surface area contributed by atoms with Crippen LogP contribution in [0.1, 0.15) is 28.3 Å². The molecule has 0 saturated carbocycles. The van der Waals surface area contributed by atoms with Gasteiger partial charge in [0.15, 0.2) is 5.96 Å². The number of hydrogen-bond donors (Lipinski definition) is 2. The van der Waals surface area contributed by atoms with E-state index in [1.807, 2.05) is 24.4 Å². The van der Waals surface area contributed by atoms with Crippen molar-refractivity contribution in [2.24, 2.45) is 4.99 Å². The Balaban J connectivity index is 1.67. The lowest BCUT2D eigenvalue weighted by Gasteiger charge is -2.39. The molecule has 3 rings (SSSR count). The van der Waals surface area contributed by atoms with Crippen molar-refractivity contribution in [1.82, 2.24) is 15.6 Å². The Morgan fingerprint density at radius 1 is 1.34 bits per heavy atom. The zero-order valence-corrected chi connectivity index (χ0v) is 18.8. The molecular formula is C21H29ClN4O2S. The first kappa shape index (κ1) is 21.9. The Bertz CT molecular complexity index is 834. The van der Waals surface area contributed by atoms with Crippen LogP contribution in [-0.2, 0) is 16.6 Å². The van der Waals surface area contributed by atoms with Crippen LogP contribution >= 0.6 is 22.9 Å². The van der Waals surface area contributed by atoms with Crippen LogP contribution in [0.15, 0.2) is 29.4 Å². The number of hydrogen-bond acceptors (Lipinski definition) is 5. The largest absolute Gasteiger partial charge is 0.496 e. The van der Waals surface area contributed by atoms with Crippen LogP contribution in [0.2, 0.25) is 5.02 Å². The molecule has 1 fully saturated rings. The summed E-state index contributed by atoms with van der Waals surface area (Å²) in [7, 11) is 3.49. The minimum Gasteiger partial charge on any atom is -0.496 e. The van der Waals surface area contributed by atoms with Crippen molar-refractivity contribution in [3.8, 4) is 5.75 Å². The second kappa shape index (κ2) is 10.3. The standard InChI is InChI=1S/C21H29ClN4O2S/c1-15-13-25-19(29-15)6-9-24-20(23-2)26-14-21(7-10-28-11-8-21)17-12-16(22)4-5-18(17)27-3/h4-5,12-13H,6-11,14H2,1-3H3,(H2,23,24,26). The molecule has 158 valence electrons. The summed E-state index contributed by atoms with van der Waals surface area (Å²) < 4.78 is 11.3. The maximum absolute atomic E-state index is 6.33. The first-order valence-corrected chi connectivity index (χ1v) is 11.0. The predicted molar refractivity (Wildman–Crippen MR) is 120 cm³/mol. The van der Waals surface area contributed by atoms with Crippen molar-refractivity contribution < 1.29 is 9.47 Å². The van der Waals surface area contributed by atoms with Crippen LogP contribution in [0.4, 0.5) is 0 Å². The van der Waals surface area contributed by atoms with Crippen LogP contribution in [-0.4, -0.2) is 51.4 Å². The van der Waals surface area contributed by atoms with Gasteiger partial charge in [0.25, 0.3) is 0 Å². The first-order valence-electron chi connectivity index (χ1n) is 9.84. The van der Waals surface area contributed by atoms with Gasteiger partial charge in [-0.2, -0.15) is 0 Å². The highest BCUT2D eigenvalue weighted by atomic mass is 35.5. The lowest BCUT2D eigenvalue weighted by molar-refractivity contribution is 0.0505. The van der Waals surface area contributed by atoms with Gasteiger partial charge in [0.1, 0.15) is 5.75 Å². The average Bonchev–Trinajstić information content (AvgIpc) is 3.16. The molecule has 0 unspecified atom stereocenters. The molecule has 0 amide bonds. The molecule has 8 heteroatoms. The third kappa shape index (κ3) is 5.62. The first-order chi connectivity index (χ1) is 14.1. The zero-order valence-electron chi connectivity index (χ0n) is 17.3. The number of rotatable bonds is 7. The summed E-state index contributed by atoms with van der Waals surface area (Å²) >= 11 is 8.06. The molecule has 2 heterocycles. The highest BCUT2D eigenvalue weighted by Gasteiger charge is 2.37. The molecule has 0 radical (unpaired) electrons. The van der Waals surface area contributed by atoms with E-state index in [2.05, 4.69) is 27.5 Å². The SMILES string of the molecule is CN=C(NCCc1ncc(C)s1)NCC1(c2cc(Cl)ccc2OC)CCOCC1. The Morgan fingerprint density at radius 3 is 2.79 bits per heavy atom. The van der Waals surface area contributed by atoms with Crippen LogP contribution in [0.3, 0.4) is 0 Å².